The van der Waals surface area contributed by atoms with Crippen LogP contribution in [0.2, 0.25) is 0 Å². The van der Waals surface area contributed by atoms with E-state index < -0.39 is 35.6 Å². The van der Waals surface area contributed by atoms with Gasteiger partial charge in [-0.2, -0.15) is 36.0 Å². The Morgan fingerprint density at radius 3 is 2.16 bits per heavy atom. The highest BCUT2D eigenvalue weighted by Crippen LogP contribution is 2.55. The lowest BCUT2D eigenvalue weighted by molar-refractivity contribution is -0.390. The first kappa shape index (κ1) is 22.5. The van der Waals surface area contributed by atoms with E-state index >= 15 is 0 Å². The largest absolute Gasteiger partial charge is 0.460 e. The highest BCUT2D eigenvalue weighted by Gasteiger charge is 2.79. The Morgan fingerprint density at radius 2 is 1.61 bits per heavy atom. The van der Waals surface area contributed by atoms with Gasteiger partial charge in [0.2, 0.25) is 0 Å². The lowest BCUT2D eigenvalue weighted by Crippen LogP contribution is -2.62. The number of aliphatic hydroxyl groups is 1. The molecule has 2 heterocycles. The van der Waals surface area contributed by atoms with E-state index in [0.29, 0.717) is 22.5 Å². The van der Waals surface area contributed by atoms with E-state index in [1.54, 1.807) is 17.6 Å². The Bertz CT molecular complexity index is 1150. The number of nitrogens with zero attached hydrogens (tertiary/aromatic N) is 4. The molecule has 0 saturated heterocycles. The van der Waals surface area contributed by atoms with Gasteiger partial charge >= 0.3 is 18.0 Å². The van der Waals surface area contributed by atoms with Crippen molar-refractivity contribution in [3.8, 4) is 11.8 Å². The number of aryl methyl sites for hydroxylation is 1. The highest BCUT2D eigenvalue weighted by atomic mass is 19.4. The number of halogens is 7. The maximum Gasteiger partial charge on any atom is 0.460 e. The molecule has 0 spiro atoms. The summed E-state index contributed by atoms with van der Waals surface area (Å²) in [5.41, 5.74) is -3.70. The van der Waals surface area contributed by atoms with Crippen LogP contribution in [0.15, 0.2) is 42.7 Å². The van der Waals surface area contributed by atoms with Crippen molar-refractivity contribution in [3.05, 3.63) is 54.1 Å². The Morgan fingerprint density at radius 1 is 1.00 bits per heavy atom. The van der Waals surface area contributed by atoms with Crippen molar-refractivity contribution in [2.45, 2.75) is 37.0 Å². The molecule has 0 aliphatic rings. The molecule has 1 N–H and O–H groups in total. The van der Waals surface area contributed by atoms with E-state index in [9.17, 15) is 35.8 Å². The van der Waals surface area contributed by atoms with Crippen LogP contribution in [-0.4, -0.2) is 37.7 Å². The first-order chi connectivity index (χ1) is 14.3. The number of alkyl halides is 7. The second-order valence-electron chi connectivity index (χ2n) is 6.75. The average molecular weight is 446 g/mol. The molecule has 0 aliphatic heterocycles. The van der Waals surface area contributed by atoms with Crippen molar-refractivity contribution in [2.75, 3.05) is 0 Å². The summed E-state index contributed by atoms with van der Waals surface area (Å²) < 4.78 is 95.3. The van der Waals surface area contributed by atoms with E-state index in [1.165, 1.54) is 12.4 Å². The zero-order valence-electron chi connectivity index (χ0n) is 15.6. The monoisotopic (exact) mass is 446 g/mol. The van der Waals surface area contributed by atoms with Crippen molar-refractivity contribution in [2.24, 2.45) is 0 Å². The summed E-state index contributed by atoms with van der Waals surface area (Å²) in [6.07, 6.45) is -5.41. The molecule has 12 heteroatoms. The molecule has 0 bridgehead atoms. The third kappa shape index (κ3) is 3.29. The third-order valence-corrected chi connectivity index (χ3v) is 4.83. The van der Waals surface area contributed by atoms with Gasteiger partial charge in [-0.1, -0.05) is 12.1 Å². The topological polar surface area (TPSA) is 74.7 Å². The zero-order valence-corrected chi connectivity index (χ0v) is 15.6. The van der Waals surface area contributed by atoms with Gasteiger partial charge in [-0.25, -0.2) is 4.98 Å². The Hall–Kier alpha value is -3.20. The first-order valence-corrected chi connectivity index (χ1v) is 8.59. The van der Waals surface area contributed by atoms with Crippen LogP contribution in [0.5, 0.6) is 0 Å². The maximum atomic E-state index is 14.4. The minimum atomic E-state index is -6.65. The van der Waals surface area contributed by atoms with Gasteiger partial charge in [0, 0.05) is 11.9 Å². The summed E-state index contributed by atoms with van der Waals surface area (Å²) in [6.45, 7) is 1.62. The van der Waals surface area contributed by atoms with Crippen LogP contribution in [0.25, 0.3) is 16.7 Å². The molecule has 1 unspecified atom stereocenters. The van der Waals surface area contributed by atoms with Crippen molar-refractivity contribution < 1.29 is 35.8 Å². The number of aromatic nitrogens is 3. The first-order valence-electron chi connectivity index (χ1n) is 8.59. The van der Waals surface area contributed by atoms with Crippen LogP contribution in [0.1, 0.15) is 17.8 Å². The van der Waals surface area contributed by atoms with Gasteiger partial charge < -0.3 is 5.11 Å². The number of nitriles is 1. The van der Waals surface area contributed by atoms with Crippen molar-refractivity contribution in [1.29, 1.82) is 5.26 Å². The van der Waals surface area contributed by atoms with E-state index in [1.807, 2.05) is 0 Å². The molecule has 31 heavy (non-hydrogen) atoms. The Labute approximate surface area is 170 Å². The zero-order chi connectivity index (χ0) is 23.2. The van der Waals surface area contributed by atoms with Gasteiger partial charge in [0.1, 0.15) is 11.3 Å². The molecule has 0 aliphatic carbocycles. The molecule has 3 rings (SSSR count). The second-order valence-corrected chi connectivity index (χ2v) is 6.75. The van der Waals surface area contributed by atoms with Gasteiger partial charge in [-0.3, -0.25) is 9.55 Å². The van der Waals surface area contributed by atoms with Crippen LogP contribution >= 0.6 is 0 Å². The minimum absolute atomic E-state index is 0.306. The average Bonchev–Trinajstić information content (AvgIpc) is 3.02. The van der Waals surface area contributed by atoms with Crippen molar-refractivity contribution in [1.82, 2.24) is 14.5 Å². The van der Waals surface area contributed by atoms with Gasteiger partial charge in [0.25, 0.3) is 0 Å². The SMILES string of the molecule is Cc1nc2cnccc2n1-c1ccc(C(O)(CC#N)C(F)(F)C(F)(F)C(F)(F)F)cc1. The second kappa shape index (κ2) is 7.19. The molecular weight excluding hydrogens is 433 g/mol. The van der Waals surface area contributed by atoms with E-state index in [2.05, 4.69) is 9.97 Å². The molecule has 1 atom stereocenters. The predicted molar refractivity (Wildman–Crippen MR) is 93.7 cm³/mol. The summed E-state index contributed by atoms with van der Waals surface area (Å²) in [7, 11) is 0. The van der Waals surface area contributed by atoms with E-state index in [0.717, 1.165) is 30.3 Å². The number of rotatable bonds is 5. The fourth-order valence-electron chi connectivity index (χ4n) is 3.21. The van der Waals surface area contributed by atoms with Crippen LogP contribution in [0.3, 0.4) is 0 Å². The molecule has 0 fully saturated rings. The molecule has 0 amide bonds. The number of benzene rings is 1. The number of pyridine rings is 1. The lowest BCUT2D eigenvalue weighted by Gasteiger charge is -2.39. The summed E-state index contributed by atoms with van der Waals surface area (Å²) >= 11 is 0. The molecule has 1 aromatic carbocycles. The molecule has 0 radical (unpaired) electrons. The predicted octanol–water partition coefficient (Wildman–Crippen LogP) is 4.66. The highest BCUT2D eigenvalue weighted by molar-refractivity contribution is 5.77. The number of imidazole rings is 1. The van der Waals surface area contributed by atoms with E-state index in [4.69, 9.17) is 5.26 Å². The van der Waals surface area contributed by atoms with Crippen LogP contribution in [0, 0.1) is 18.3 Å². The summed E-state index contributed by atoms with van der Waals surface area (Å²) in [4.78, 5) is 8.16. The number of hydrogen-bond acceptors (Lipinski definition) is 4. The number of fused-ring (bicyclic) bond motifs is 1. The van der Waals surface area contributed by atoms with Crippen LogP contribution in [-0.2, 0) is 5.60 Å². The summed E-state index contributed by atoms with van der Waals surface area (Å²) in [5, 5.41) is 19.0. The number of hydrogen-bond donors (Lipinski definition) is 1. The van der Waals surface area contributed by atoms with Gasteiger partial charge in [0.05, 0.1) is 24.2 Å². The maximum absolute atomic E-state index is 14.4. The fourth-order valence-corrected chi connectivity index (χ4v) is 3.21. The summed E-state index contributed by atoms with van der Waals surface area (Å²) in [6, 6.07) is 6.46. The standard InChI is InChI=1S/C19H13F7N4O/c1-11-29-14-10-28-9-6-15(14)30(11)13-4-2-12(3-5-13)16(31,7-8-27)17(20,21)18(22,23)19(24,25)26/h2-6,9-10,31H,7H2,1H3. The van der Waals surface area contributed by atoms with Gasteiger partial charge in [-0.15, -0.1) is 0 Å². The van der Waals surface area contributed by atoms with Gasteiger partial charge in [-0.05, 0) is 30.7 Å². The molecule has 2 aromatic heterocycles. The van der Waals surface area contributed by atoms with Crippen molar-refractivity contribution >= 4 is 11.0 Å². The summed E-state index contributed by atoms with van der Waals surface area (Å²) in [5.74, 6) is -12.2. The van der Waals surface area contributed by atoms with Crippen molar-refractivity contribution in [3.63, 3.8) is 0 Å². The minimum Gasteiger partial charge on any atom is -0.378 e. The fraction of sp³-hybridized carbons (Fsp3) is 0.316. The third-order valence-electron chi connectivity index (χ3n) is 4.83. The molecular formula is C19H13F7N4O. The normalized spacial score (nSPS) is 15.0. The Kier molecular flexibility index (Phi) is 5.22. The quantitative estimate of drug-likeness (QED) is 0.579. The molecule has 3 aromatic rings. The van der Waals surface area contributed by atoms with Crippen LogP contribution < -0.4 is 0 Å². The van der Waals surface area contributed by atoms with Gasteiger partial charge in [0.15, 0.2) is 5.60 Å². The van der Waals surface area contributed by atoms with Crippen LogP contribution in [0.4, 0.5) is 30.7 Å². The molecule has 0 saturated carbocycles. The molecule has 5 nitrogen and oxygen atoms in total. The molecule has 164 valence electrons. The smallest absolute Gasteiger partial charge is 0.378 e. The lowest BCUT2D eigenvalue weighted by atomic mass is 9.81. The Balaban J connectivity index is 2.12. The van der Waals surface area contributed by atoms with E-state index in [-0.39, 0.29) is 0 Å².